The molecule has 0 aliphatic carbocycles. The standard InChI is InChI=1S/C22H29N5O2/c1-24-9-11-26(12-10-24)21-17-18(7-8-23-21)22(28)27-15-13-25(14-16-27)19-5-3-4-6-20(19)29-2/h3-8,17H,9-16H2,1-2H3. The number of ether oxygens (including phenoxy) is 1. The van der Waals surface area contributed by atoms with Gasteiger partial charge in [0.15, 0.2) is 0 Å². The van der Waals surface area contributed by atoms with Gasteiger partial charge in [-0.2, -0.15) is 0 Å². The van der Waals surface area contributed by atoms with Crippen molar-refractivity contribution in [1.82, 2.24) is 14.8 Å². The quantitative estimate of drug-likeness (QED) is 0.787. The number of para-hydroxylation sites is 2. The number of nitrogens with zero attached hydrogens (tertiary/aromatic N) is 5. The second kappa shape index (κ2) is 8.69. The van der Waals surface area contributed by atoms with Crippen LogP contribution in [0.2, 0.25) is 0 Å². The number of rotatable bonds is 4. The third-order valence-corrected chi connectivity index (χ3v) is 5.81. The fourth-order valence-corrected chi connectivity index (χ4v) is 3.98. The Balaban J connectivity index is 1.40. The van der Waals surface area contributed by atoms with E-state index in [2.05, 4.69) is 32.8 Å². The second-order valence-electron chi connectivity index (χ2n) is 7.64. The predicted octanol–water partition coefficient (Wildman–Crippen LogP) is 1.80. The van der Waals surface area contributed by atoms with Crippen molar-refractivity contribution < 1.29 is 9.53 Å². The molecule has 7 heteroatoms. The average molecular weight is 396 g/mol. The molecule has 0 atom stereocenters. The second-order valence-corrected chi connectivity index (χ2v) is 7.64. The summed E-state index contributed by atoms with van der Waals surface area (Å²) in [6, 6.07) is 11.8. The van der Waals surface area contributed by atoms with Crippen molar-refractivity contribution in [2.24, 2.45) is 0 Å². The molecule has 0 unspecified atom stereocenters. The molecular weight excluding hydrogens is 366 g/mol. The number of amides is 1. The van der Waals surface area contributed by atoms with Crippen LogP contribution in [0.25, 0.3) is 0 Å². The Morgan fingerprint density at radius 1 is 0.931 bits per heavy atom. The van der Waals surface area contributed by atoms with Gasteiger partial charge in [-0.3, -0.25) is 4.79 Å². The first kappa shape index (κ1) is 19.5. The van der Waals surface area contributed by atoms with Crippen LogP contribution < -0.4 is 14.5 Å². The highest BCUT2D eigenvalue weighted by atomic mass is 16.5. The summed E-state index contributed by atoms with van der Waals surface area (Å²) in [7, 11) is 3.83. The van der Waals surface area contributed by atoms with Crippen molar-refractivity contribution >= 4 is 17.4 Å². The first-order valence-electron chi connectivity index (χ1n) is 10.2. The Morgan fingerprint density at radius 3 is 2.34 bits per heavy atom. The maximum absolute atomic E-state index is 13.1. The summed E-state index contributed by atoms with van der Waals surface area (Å²) < 4.78 is 5.48. The SMILES string of the molecule is COc1ccccc1N1CCN(C(=O)c2ccnc(N3CCN(C)CC3)c2)CC1. The van der Waals surface area contributed by atoms with Crippen molar-refractivity contribution in [2.75, 3.05) is 76.3 Å². The highest BCUT2D eigenvalue weighted by molar-refractivity contribution is 5.95. The number of aromatic nitrogens is 1. The first-order valence-corrected chi connectivity index (χ1v) is 10.2. The number of hydrogen-bond donors (Lipinski definition) is 0. The molecule has 0 saturated carbocycles. The van der Waals surface area contributed by atoms with Crippen molar-refractivity contribution in [1.29, 1.82) is 0 Å². The molecule has 0 spiro atoms. The van der Waals surface area contributed by atoms with Gasteiger partial charge in [-0.25, -0.2) is 4.98 Å². The van der Waals surface area contributed by atoms with Gasteiger partial charge < -0.3 is 24.3 Å². The van der Waals surface area contributed by atoms with E-state index in [1.807, 2.05) is 35.2 Å². The van der Waals surface area contributed by atoms with Crippen LogP contribution in [0.5, 0.6) is 5.75 Å². The minimum Gasteiger partial charge on any atom is -0.495 e. The van der Waals surface area contributed by atoms with E-state index in [-0.39, 0.29) is 5.91 Å². The molecule has 2 saturated heterocycles. The number of likely N-dealkylation sites (N-methyl/N-ethyl adjacent to an activating group) is 1. The van der Waals surface area contributed by atoms with Crippen LogP contribution in [-0.4, -0.2) is 87.2 Å². The van der Waals surface area contributed by atoms with Gasteiger partial charge in [0.25, 0.3) is 5.91 Å². The minimum atomic E-state index is 0.0856. The van der Waals surface area contributed by atoms with Gasteiger partial charge >= 0.3 is 0 Å². The number of carbonyl (C=O) groups excluding carboxylic acids is 1. The monoisotopic (exact) mass is 395 g/mol. The van der Waals surface area contributed by atoms with E-state index < -0.39 is 0 Å². The molecule has 7 nitrogen and oxygen atoms in total. The Morgan fingerprint density at radius 2 is 1.62 bits per heavy atom. The smallest absolute Gasteiger partial charge is 0.254 e. The van der Waals surface area contributed by atoms with E-state index in [1.165, 1.54) is 0 Å². The summed E-state index contributed by atoms with van der Waals surface area (Å²) in [5.74, 6) is 1.86. The number of hydrogen-bond acceptors (Lipinski definition) is 6. The van der Waals surface area contributed by atoms with E-state index >= 15 is 0 Å². The fourth-order valence-electron chi connectivity index (χ4n) is 3.98. The van der Waals surface area contributed by atoms with Crippen LogP contribution >= 0.6 is 0 Å². The molecule has 3 heterocycles. The van der Waals surface area contributed by atoms with Crippen molar-refractivity contribution in [3.05, 3.63) is 48.2 Å². The molecule has 1 aromatic heterocycles. The summed E-state index contributed by atoms with van der Waals surface area (Å²) in [6.45, 7) is 6.91. The van der Waals surface area contributed by atoms with Crippen LogP contribution in [0.1, 0.15) is 10.4 Å². The van der Waals surface area contributed by atoms with E-state index in [0.717, 1.165) is 62.1 Å². The molecule has 2 aromatic rings. The highest BCUT2D eigenvalue weighted by Gasteiger charge is 2.24. The lowest BCUT2D eigenvalue weighted by molar-refractivity contribution is 0.0746. The number of methoxy groups -OCH3 is 1. The Kier molecular flexibility index (Phi) is 5.85. The van der Waals surface area contributed by atoms with Gasteiger partial charge in [-0.1, -0.05) is 12.1 Å². The van der Waals surface area contributed by atoms with Gasteiger partial charge in [-0.15, -0.1) is 0 Å². The van der Waals surface area contributed by atoms with E-state index in [9.17, 15) is 4.79 Å². The number of pyridine rings is 1. The molecule has 29 heavy (non-hydrogen) atoms. The molecule has 1 aromatic carbocycles. The maximum atomic E-state index is 13.1. The Bertz CT molecular complexity index is 843. The predicted molar refractivity (Wildman–Crippen MR) is 115 cm³/mol. The largest absolute Gasteiger partial charge is 0.495 e. The normalized spacial score (nSPS) is 18.1. The van der Waals surface area contributed by atoms with Gasteiger partial charge in [0, 0.05) is 64.1 Å². The molecule has 2 aliphatic heterocycles. The molecule has 2 fully saturated rings. The summed E-state index contributed by atoms with van der Waals surface area (Å²) in [4.78, 5) is 26.4. The van der Waals surface area contributed by atoms with E-state index in [0.29, 0.717) is 13.1 Å². The van der Waals surface area contributed by atoms with Gasteiger partial charge in [-0.05, 0) is 31.3 Å². The molecule has 0 N–H and O–H groups in total. The summed E-state index contributed by atoms with van der Waals surface area (Å²) in [5, 5.41) is 0. The molecular formula is C22H29N5O2. The van der Waals surface area contributed by atoms with Crippen LogP contribution in [-0.2, 0) is 0 Å². The summed E-state index contributed by atoms with van der Waals surface area (Å²) in [5.41, 5.74) is 1.81. The zero-order valence-electron chi connectivity index (χ0n) is 17.3. The molecule has 4 rings (SSSR count). The zero-order chi connectivity index (χ0) is 20.2. The van der Waals surface area contributed by atoms with Crippen molar-refractivity contribution in [3.8, 4) is 5.75 Å². The topological polar surface area (TPSA) is 52.2 Å². The molecule has 0 radical (unpaired) electrons. The number of piperazine rings is 2. The number of benzene rings is 1. The first-order chi connectivity index (χ1) is 14.2. The number of carbonyl (C=O) groups is 1. The van der Waals surface area contributed by atoms with Gasteiger partial charge in [0.1, 0.15) is 11.6 Å². The van der Waals surface area contributed by atoms with Gasteiger partial charge in [0.2, 0.25) is 0 Å². The van der Waals surface area contributed by atoms with Crippen LogP contribution in [0.4, 0.5) is 11.5 Å². The molecule has 154 valence electrons. The number of anilines is 2. The van der Waals surface area contributed by atoms with Crippen LogP contribution in [0.3, 0.4) is 0 Å². The summed E-state index contributed by atoms with van der Waals surface area (Å²) >= 11 is 0. The maximum Gasteiger partial charge on any atom is 0.254 e. The minimum absolute atomic E-state index is 0.0856. The molecule has 0 bridgehead atoms. The van der Waals surface area contributed by atoms with Gasteiger partial charge in [0.05, 0.1) is 12.8 Å². The average Bonchev–Trinajstić information content (AvgIpc) is 2.79. The Labute approximate surface area is 172 Å². The van der Waals surface area contributed by atoms with Crippen LogP contribution in [0, 0.1) is 0 Å². The van der Waals surface area contributed by atoms with Crippen LogP contribution in [0.15, 0.2) is 42.6 Å². The van der Waals surface area contributed by atoms with E-state index in [4.69, 9.17) is 4.74 Å². The van der Waals surface area contributed by atoms with Crippen molar-refractivity contribution in [2.45, 2.75) is 0 Å². The highest BCUT2D eigenvalue weighted by Crippen LogP contribution is 2.28. The zero-order valence-corrected chi connectivity index (χ0v) is 17.3. The summed E-state index contributed by atoms with van der Waals surface area (Å²) in [6.07, 6.45) is 1.76. The third-order valence-electron chi connectivity index (χ3n) is 5.81. The molecule has 1 amide bonds. The Hall–Kier alpha value is -2.80. The lowest BCUT2D eigenvalue weighted by Gasteiger charge is -2.37. The fraction of sp³-hybridized carbons (Fsp3) is 0.455. The van der Waals surface area contributed by atoms with Crippen molar-refractivity contribution in [3.63, 3.8) is 0 Å². The lowest BCUT2D eigenvalue weighted by atomic mass is 10.2. The lowest BCUT2D eigenvalue weighted by Crippen LogP contribution is -2.49. The molecule has 2 aliphatic rings. The van der Waals surface area contributed by atoms with E-state index in [1.54, 1.807) is 13.3 Å². The third kappa shape index (κ3) is 4.29.